The van der Waals surface area contributed by atoms with Crippen molar-refractivity contribution in [1.29, 1.82) is 0 Å². The summed E-state index contributed by atoms with van der Waals surface area (Å²) in [5.74, 6) is -0.741. The molecule has 30 heavy (non-hydrogen) atoms. The minimum absolute atomic E-state index is 0. The number of rotatable bonds is 7. The van der Waals surface area contributed by atoms with Gasteiger partial charge in [0.2, 0.25) is 0 Å². The first-order chi connectivity index (χ1) is 14.1. The van der Waals surface area contributed by atoms with E-state index in [2.05, 4.69) is 5.32 Å². The van der Waals surface area contributed by atoms with Gasteiger partial charge in [-0.1, -0.05) is 24.3 Å². The van der Waals surface area contributed by atoms with E-state index in [9.17, 15) is 14.4 Å². The first kappa shape index (κ1) is 21.8. The van der Waals surface area contributed by atoms with Crippen LogP contribution in [-0.2, 0) is 11.2 Å². The largest absolute Gasteiger partial charge is 0.493 e. The maximum absolute atomic E-state index is 12.7. The topological polar surface area (TPSA) is 95.9 Å². The second kappa shape index (κ2) is 9.28. The number of halogens is 1. The highest BCUT2D eigenvalue weighted by Crippen LogP contribution is 2.34. The molecule has 2 N–H and O–H groups in total. The Bertz CT molecular complexity index is 943. The summed E-state index contributed by atoms with van der Waals surface area (Å²) < 4.78 is 5.87. The number of benzene rings is 2. The van der Waals surface area contributed by atoms with Crippen LogP contribution >= 0.6 is 12.4 Å². The summed E-state index contributed by atoms with van der Waals surface area (Å²) in [6.45, 7) is 1.25. The summed E-state index contributed by atoms with van der Waals surface area (Å²) in [5.41, 5.74) is 2.92. The molecule has 2 aliphatic rings. The first-order valence-corrected chi connectivity index (χ1v) is 9.71. The molecule has 2 aliphatic heterocycles. The Morgan fingerprint density at radius 3 is 2.47 bits per heavy atom. The lowest BCUT2D eigenvalue weighted by atomic mass is 9.93. The molecule has 0 unspecified atom stereocenters. The highest BCUT2D eigenvalue weighted by atomic mass is 35.5. The smallest absolute Gasteiger partial charge is 0.303 e. The fourth-order valence-corrected chi connectivity index (χ4v) is 3.96. The van der Waals surface area contributed by atoms with Crippen LogP contribution in [0.25, 0.3) is 0 Å². The molecule has 0 fully saturated rings. The lowest BCUT2D eigenvalue weighted by Crippen LogP contribution is -2.41. The monoisotopic (exact) mass is 430 g/mol. The number of ether oxygens (including phenoxy) is 1. The minimum atomic E-state index is -0.853. The molecule has 7 nitrogen and oxygen atoms in total. The van der Waals surface area contributed by atoms with E-state index in [1.807, 2.05) is 18.2 Å². The molecule has 158 valence electrons. The Kier molecular flexibility index (Phi) is 6.74. The van der Waals surface area contributed by atoms with Crippen molar-refractivity contribution in [1.82, 2.24) is 10.2 Å². The summed E-state index contributed by atoms with van der Waals surface area (Å²) in [5, 5.41) is 12.2. The van der Waals surface area contributed by atoms with Crippen LogP contribution in [-0.4, -0.2) is 47.5 Å². The van der Waals surface area contributed by atoms with Gasteiger partial charge in [0.15, 0.2) is 0 Å². The number of fused-ring (bicyclic) bond motifs is 2. The Balaban J connectivity index is 0.00000256. The maximum Gasteiger partial charge on any atom is 0.303 e. The average Bonchev–Trinajstić information content (AvgIpc) is 2.96. The number of aliphatic carboxylic acids is 1. The van der Waals surface area contributed by atoms with Crippen LogP contribution in [0.15, 0.2) is 42.5 Å². The van der Waals surface area contributed by atoms with Crippen molar-refractivity contribution >= 4 is 30.2 Å². The number of carbonyl (C=O) groups excluding carboxylic acids is 2. The maximum atomic E-state index is 12.7. The van der Waals surface area contributed by atoms with Crippen molar-refractivity contribution in [2.45, 2.75) is 25.3 Å². The molecular weight excluding hydrogens is 408 g/mol. The Morgan fingerprint density at radius 2 is 1.80 bits per heavy atom. The van der Waals surface area contributed by atoms with E-state index >= 15 is 0 Å². The predicted octanol–water partition coefficient (Wildman–Crippen LogP) is 2.84. The molecule has 0 spiro atoms. The van der Waals surface area contributed by atoms with Gasteiger partial charge in [-0.25, -0.2) is 0 Å². The van der Waals surface area contributed by atoms with Gasteiger partial charge in [0.1, 0.15) is 5.75 Å². The Morgan fingerprint density at radius 1 is 1.10 bits per heavy atom. The molecule has 1 atom stereocenters. The van der Waals surface area contributed by atoms with Gasteiger partial charge < -0.3 is 15.2 Å². The summed E-state index contributed by atoms with van der Waals surface area (Å²) in [7, 11) is 0. The van der Waals surface area contributed by atoms with E-state index in [1.54, 1.807) is 24.3 Å². The molecule has 0 bridgehead atoms. The first-order valence-electron chi connectivity index (χ1n) is 9.71. The van der Waals surface area contributed by atoms with Crippen molar-refractivity contribution < 1.29 is 24.2 Å². The molecule has 2 heterocycles. The lowest BCUT2D eigenvalue weighted by molar-refractivity contribution is -0.137. The van der Waals surface area contributed by atoms with Crippen molar-refractivity contribution in [2.75, 3.05) is 19.7 Å². The van der Waals surface area contributed by atoms with Gasteiger partial charge in [0.25, 0.3) is 11.8 Å². The Hall–Kier alpha value is -2.90. The van der Waals surface area contributed by atoms with Crippen molar-refractivity contribution in [3.05, 3.63) is 64.7 Å². The second-order valence-electron chi connectivity index (χ2n) is 7.20. The molecule has 0 saturated heterocycles. The highest BCUT2D eigenvalue weighted by molar-refractivity contribution is 6.21. The van der Waals surface area contributed by atoms with Crippen LogP contribution in [0.3, 0.4) is 0 Å². The third-order valence-electron chi connectivity index (χ3n) is 5.33. The van der Waals surface area contributed by atoms with Gasteiger partial charge in [0, 0.05) is 18.5 Å². The third-order valence-corrected chi connectivity index (χ3v) is 5.33. The average molecular weight is 431 g/mol. The van der Waals surface area contributed by atoms with Crippen molar-refractivity contribution in [3.8, 4) is 5.75 Å². The van der Waals surface area contributed by atoms with Gasteiger partial charge in [-0.2, -0.15) is 0 Å². The molecular formula is C22H23ClN2O5. The summed E-state index contributed by atoms with van der Waals surface area (Å²) in [6.07, 6.45) is 1.28. The van der Waals surface area contributed by atoms with E-state index in [0.29, 0.717) is 29.9 Å². The zero-order chi connectivity index (χ0) is 20.4. The van der Waals surface area contributed by atoms with E-state index in [0.717, 1.165) is 24.1 Å². The molecule has 4 rings (SSSR count). The summed E-state index contributed by atoms with van der Waals surface area (Å²) in [6, 6.07) is 12.4. The van der Waals surface area contributed by atoms with Gasteiger partial charge in [-0.05, 0) is 43.1 Å². The van der Waals surface area contributed by atoms with Gasteiger partial charge >= 0.3 is 5.97 Å². The second-order valence-corrected chi connectivity index (χ2v) is 7.20. The number of imide groups is 1. The number of nitrogens with zero attached hydrogens (tertiary/aromatic N) is 1. The zero-order valence-corrected chi connectivity index (χ0v) is 17.1. The number of carboxylic acids is 1. The fourth-order valence-electron chi connectivity index (χ4n) is 3.96. The number of hydrogen-bond acceptors (Lipinski definition) is 5. The molecule has 0 radical (unpaired) electrons. The highest BCUT2D eigenvalue weighted by Gasteiger charge is 2.38. The number of carbonyl (C=O) groups is 3. The Labute approximate surface area is 180 Å². The molecule has 0 aliphatic carbocycles. The lowest BCUT2D eigenvalue weighted by Gasteiger charge is -2.31. The minimum Gasteiger partial charge on any atom is -0.493 e. The van der Waals surface area contributed by atoms with Crippen molar-refractivity contribution in [3.63, 3.8) is 0 Å². The SMILES string of the molecule is Cl.O=C(O)CCCOc1cccc2c1[C@@H](CN1C(=O)c3ccccc3C1=O)NCC2. The van der Waals surface area contributed by atoms with Crippen LogP contribution in [0.1, 0.15) is 50.7 Å². The molecule has 0 saturated carbocycles. The summed E-state index contributed by atoms with van der Waals surface area (Å²) >= 11 is 0. The number of amides is 2. The van der Waals surface area contributed by atoms with Crippen LogP contribution in [0.4, 0.5) is 0 Å². The fraction of sp³-hybridized carbons (Fsp3) is 0.318. The van der Waals surface area contributed by atoms with Crippen LogP contribution in [0.5, 0.6) is 5.75 Å². The third kappa shape index (κ3) is 4.17. The normalized spacial score (nSPS) is 17.2. The number of nitrogens with one attached hydrogen (secondary N) is 1. The van der Waals surface area contributed by atoms with Crippen LogP contribution in [0, 0.1) is 0 Å². The predicted molar refractivity (Wildman–Crippen MR) is 112 cm³/mol. The molecule has 2 amide bonds. The van der Waals surface area contributed by atoms with Gasteiger partial charge in [-0.15, -0.1) is 12.4 Å². The number of hydrogen-bond donors (Lipinski definition) is 2. The standard InChI is InChI=1S/C22H22N2O5.ClH/c25-19(26)9-4-12-29-18-8-3-5-14-10-11-23-17(20(14)18)13-24-21(27)15-6-1-2-7-16(15)22(24)28;/h1-3,5-8,17,23H,4,9-13H2,(H,25,26);1H/t17-;/m1./s1. The van der Waals surface area contributed by atoms with E-state index in [4.69, 9.17) is 9.84 Å². The van der Waals surface area contributed by atoms with E-state index < -0.39 is 5.97 Å². The van der Waals surface area contributed by atoms with Gasteiger partial charge in [-0.3, -0.25) is 19.3 Å². The molecule has 2 aromatic carbocycles. The van der Waals surface area contributed by atoms with E-state index in [-0.39, 0.29) is 43.2 Å². The zero-order valence-electron chi connectivity index (χ0n) is 16.3. The van der Waals surface area contributed by atoms with Crippen LogP contribution in [0.2, 0.25) is 0 Å². The molecule has 8 heteroatoms. The van der Waals surface area contributed by atoms with Crippen LogP contribution < -0.4 is 10.1 Å². The summed E-state index contributed by atoms with van der Waals surface area (Å²) in [4.78, 5) is 37.5. The number of carboxylic acid groups (broad SMARTS) is 1. The molecule has 2 aromatic rings. The van der Waals surface area contributed by atoms with Crippen molar-refractivity contribution in [2.24, 2.45) is 0 Å². The van der Waals surface area contributed by atoms with Gasteiger partial charge in [0.05, 0.1) is 23.8 Å². The molecule has 0 aromatic heterocycles. The quantitative estimate of drug-likeness (QED) is 0.518. The van der Waals surface area contributed by atoms with E-state index in [1.165, 1.54) is 4.90 Å².